The highest BCUT2D eigenvalue weighted by Gasteiger charge is 2.47. The number of ether oxygens (including phenoxy) is 1. The van der Waals surface area contributed by atoms with E-state index in [9.17, 15) is 9.59 Å². The molecule has 2 amide bonds. The SMILES string of the molecule is Cc1cc(Br)ccc1N1C(=O)C2CCC(O2)C1=O. The number of carbonyl (C=O) groups is 2. The molecule has 1 aromatic carbocycles. The van der Waals surface area contributed by atoms with Crippen LogP contribution in [0.25, 0.3) is 0 Å². The minimum Gasteiger partial charge on any atom is -0.355 e. The Morgan fingerprint density at radius 1 is 1.22 bits per heavy atom. The molecule has 0 N–H and O–H groups in total. The summed E-state index contributed by atoms with van der Waals surface area (Å²) in [4.78, 5) is 25.7. The molecule has 2 fully saturated rings. The van der Waals surface area contributed by atoms with Gasteiger partial charge in [0.2, 0.25) is 0 Å². The van der Waals surface area contributed by atoms with Crippen molar-refractivity contribution < 1.29 is 14.3 Å². The largest absolute Gasteiger partial charge is 0.355 e. The Labute approximate surface area is 113 Å². The average Bonchev–Trinajstić information content (AvgIpc) is 2.76. The molecule has 1 aromatic rings. The molecule has 4 nitrogen and oxygen atoms in total. The lowest BCUT2D eigenvalue weighted by molar-refractivity contribution is -0.146. The number of fused-ring (bicyclic) bond motifs is 2. The van der Waals surface area contributed by atoms with Gasteiger partial charge >= 0.3 is 0 Å². The van der Waals surface area contributed by atoms with Crippen molar-refractivity contribution in [2.24, 2.45) is 0 Å². The number of halogens is 1. The number of aryl methyl sites for hydroxylation is 1. The molecule has 0 aliphatic carbocycles. The highest BCUT2D eigenvalue weighted by molar-refractivity contribution is 9.10. The first-order valence-corrected chi connectivity index (χ1v) is 6.66. The Balaban J connectivity index is 2.05. The van der Waals surface area contributed by atoms with Gasteiger partial charge in [0, 0.05) is 4.47 Å². The highest BCUT2D eigenvalue weighted by Crippen LogP contribution is 2.33. The Hall–Kier alpha value is -1.20. The maximum absolute atomic E-state index is 12.2. The number of hydrogen-bond donors (Lipinski definition) is 0. The lowest BCUT2D eigenvalue weighted by atomic mass is 10.1. The van der Waals surface area contributed by atoms with E-state index in [-0.39, 0.29) is 11.8 Å². The van der Waals surface area contributed by atoms with E-state index in [1.807, 2.05) is 19.1 Å². The quantitative estimate of drug-likeness (QED) is 0.747. The monoisotopic (exact) mass is 309 g/mol. The molecule has 2 heterocycles. The van der Waals surface area contributed by atoms with E-state index in [2.05, 4.69) is 15.9 Å². The summed E-state index contributed by atoms with van der Waals surface area (Å²) in [6.45, 7) is 1.89. The van der Waals surface area contributed by atoms with Crippen LogP contribution in [0.2, 0.25) is 0 Å². The first-order chi connectivity index (χ1) is 8.58. The molecule has 0 radical (unpaired) electrons. The van der Waals surface area contributed by atoms with Crippen molar-refractivity contribution in [2.45, 2.75) is 32.0 Å². The van der Waals surface area contributed by atoms with Crippen molar-refractivity contribution in [1.82, 2.24) is 0 Å². The summed E-state index contributed by atoms with van der Waals surface area (Å²) >= 11 is 3.37. The van der Waals surface area contributed by atoms with Crippen molar-refractivity contribution >= 4 is 33.4 Å². The first-order valence-electron chi connectivity index (χ1n) is 5.87. The molecule has 3 rings (SSSR count). The summed E-state index contributed by atoms with van der Waals surface area (Å²) in [5.41, 5.74) is 1.56. The van der Waals surface area contributed by atoms with Crippen molar-refractivity contribution in [3.8, 4) is 0 Å². The molecule has 18 heavy (non-hydrogen) atoms. The third kappa shape index (κ3) is 1.69. The van der Waals surface area contributed by atoms with E-state index in [1.54, 1.807) is 6.07 Å². The van der Waals surface area contributed by atoms with E-state index in [0.717, 1.165) is 10.0 Å². The minimum absolute atomic E-state index is 0.237. The van der Waals surface area contributed by atoms with E-state index < -0.39 is 12.2 Å². The maximum atomic E-state index is 12.2. The van der Waals surface area contributed by atoms with Crippen molar-refractivity contribution in [3.63, 3.8) is 0 Å². The van der Waals surface area contributed by atoms with Gasteiger partial charge in [0.05, 0.1) is 5.69 Å². The van der Waals surface area contributed by atoms with Gasteiger partial charge in [-0.3, -0.25) is 9.59 Å². The summed E-state index contributed by atoms with van der Waals surface area (Å²) in [7, 11) is 0. The summed E-state index contributed by atoms with van der Waals surface area (Å²) in [5, 5.41) is 0. The smallest absolute Gasteiger partial charge is 0.262 e. The van der Waals surface area contributed by atoms with Gasteiger partial charge in [-0.15, -0.1) is 0 Å². The van der Waals surface area contributed by atoms with Gasteiger partial charge in [0.15, 0.2) is 0 Å². The molecule has 5 heteroatoms. The molecule has 0 spiro atoms. The van der Waals surface area contributed by atoms with Crippen LogP contribution in [0.5, 0.6) is 0 Å². The summed E-state index contributed by atoms with van der Waals surface area (Å²) in [5.74, 6) is -0.474. The number of amides is 2. The van der Waals surface area contributed by atoms with E-state index in [1.165, 1.54) is 4.90 Å². The zero-order valence-electron chi connectivity index (χ0n) is 9.85. The lowest BCUT2D eigenvalue weighted by Gasteiger charge is -2.30. The molecule has 2 aliphatic heterocycles. The zero-order valence-corrected chi connectivity index (χ0v) is 11.4. The zero-order chi connectivity index (χ0) is 12.9. The van der Waals surface area contributed by atoms with E-state index in [0.29, 0.717) is 18.5 Å². The third-order valence-electron chi connectivity index (χ3n) is 3.41. The molecule has 0 saturated carbocycles. The van der Waals surface area contributed by atoms with Crippen molar-refractivity contribution in [1.29, 1.82) is 0 Å². The van der Waals surface area contributed by atoms with Crippen LogP contribution in [0.15, 0.2) is 22.7 Å². The van der Waals surface area contributed by atoms with E-state index >= 15 is 0 Å². The second kappa shape index (κ2) is 4.17. The van der Waals surface area contributed by atoms with Gasteiger partial charge in [-0.05, 0) is 43.5 Å². The van der Waals surface area contributed by atoms with Crippen LogP contribution in [0.3, 0.4) is 0 Å². The molecular weight excluding hydrogens is 298 g/mol. The normalized spacial score (nSPS) is 26.9. The molecule has 2 bridgehead atoms. The van der Waals surface area contributed by atoms with Crippen molar-refractivity contribution in [2.75, 3.05) is 4.90 Å². The van der Waals surface area contributed by atoms with Crippen LogP contribution in [-0.4, -0.2) is 24.0 Å². The van der Waals surface area contributed by atoms with Gasteiger partial charge in [-0.1, -0.05) is 15.9 Å². The molecule has 0 aromatic heterocycles. The molecule has 2 unspecified atom stereocenters. The average molecular weight is 310 g/mol. The van der Waals surface area contributed by atoms with Crippen LogP contribution >= 0.6 is 15.9 Å². The van der Waals surface area contributed by atoms with Gasteiger partial charge in [-0.25, -0.2) is 4.90 Å². The number of rotatable bonds is 1. The Morgan fingerprint density at radius 3 is 2.39 bits per heavy atom. The fourth-order valence-corrected chi connectivity index (χ4v) is 2.98. The topological polar surface area (TPSA) is 46.6 Å². The fourth-order valence-electron chi connectivity index (χ4n) is 2.50. The number of morpholine rings is 1. The Kier molecular flexibility index (Phi) is 2.75. The summed E-state index contributed by atoms with van der Waals surface area (Å²) in [6.07, 6.45) is 0.384. The predicted molar refractivity (Wildman–Crippen MR) is 69.3 cm³/mol. The lowest BCUT2D eigenvalue weighted by Crippen LogP contribution is -2.52. The molecule has 2 saturated heterocycles. The van der Waals surface area contributed by atoms with Crippen LogP contribution in [0.4, 0.5) is 5.69 Å². The number of imide groups is 1. The van der Waals surface area contributed by atoms with Crippen LogP contribution in [0.1, 0.15) is 18.4 Å². The highest BCUT2D eigenvalue weighted by atomic mass is 79.9. The van der Waals surface area contributed by atoms with Gasteiger partial charge in [-0.2, -0.15) is 0 Å². The molecule has 2 aliphatic rings. The van der Waals surface area contributed by atoms with Gasteiger partial charge in [0.25, 0.3) is 11.8 Å². The molecule has 94 valence electrons. The number of benzene rings is 1. The maximum Gasteiger partial charge on any atom is 0.262 e. The summed E-state index contributed by atoms with van der Waals surface area (Å²) < 4.78 is 6.32. The third-order valence-corrected chi connectivity index (χ3v) is 3.90. The second-order valence-electron chi connectivity index (χ2n) is 4.63. The standard InChI is InChI=1S/C13H12BrNO3/c1-7-6-8(14)2-3-9(7)15-12(16)10-4-5-11(18-10)13(15)17/h2-3,6,10-11H,4-5H2,1H3. The Morgan fingerprint density at radius 2 is 1.83 bits per heavy atom. The number of carbonyl (C=O) groups excluding carboxylic acids is 2. The van der Waals surface area contributed by atoms with Crippen LogP contribution < -0.4 is 4.90 Å². The van der Waals surface area contributed by atoms with Crippen LogP contribution in [0, 0.1) is 6.92 Å². The van der Waals surface area contributed by atoms with Gasteiger partial charge in [0.1, 0.15) is 12.2 Å². The second-order valence-corrected chi connectivity index (χ2v) is 5.55. The van der Waals surface area contributed by atoms with E-state index in [4.69, 9.17) is 4.74 Å². The fraction of sp³-hybridized carbons (Fsp3) is 0.385. The number of nitrogens with zero attached hydrogens (tertiary/aromatic N) is 1. The molecule has 2 atom stereocenters. The first kappa shape index (κ1) is 11.9. The molecular formula is C13H12BrNO3. The van der Waals surface area contributed by atoms with Gasteiger partial charge < -0.3 is 4.74 Å². The number of anilines is 1. The minimum atomic E-state index is -0.448. The summed E-state index contributed by atoms with van der Waals surface area (Å²) in [6, 6.07) is 5.52. The Bertz CT molecular complexity index is 521. The van der Waals surface area contributed by atoms with Crippen molar-refractivity contribution in [3.05, 3.63) is 28.2 Å². The van der Waals surface area contributed by atoms with Crippen LogP contribution in [-0.2, 0) is 14.3 Å². The predicted octanol–water partition coefficient (Wildman–Crippen LogP) is 2.18. The number of hydrogen-bond acceptors (Lipinski definition) is 3.